The van der Waals surface area contributed by atoms with E-state index in [0.717, 1.165) is 0 Å². The van der Waals surface area contributed by atoms with Crippen molar-refractivity contribution in [3.05, 3.63) is 42.5 Å². The zero-order chi connectivity index (χ0) is 15.7. The fourth-order valence-corrected chi connectivity index (χ4v) is 3.12. The molecular weight excluding hydrogens is 280 g/mol. The average Bonchev–Trinajstić information content (AvgIpc) is 2.78. The molecule has 2 aliphatic rings. The van der Waals surface area contributed by atoms with Crippen molar-refractivity contribution in [1.29, 1.82) is 0 Å². The normalized spacial score (nSPS) is 23.6. The molecule has 1 saturated heterocycles. The van der Waals surface area contributed by atoms with Crippen LogP contribution >= 0.6 is 0 Å². The number of imide groups is 1. The summed E-state index contributed by atoms with van der Waals surface area (Å²) in [5, 5.41) is 0. The molecule has 0 bridgehead atoms. The van der Waals surface area contributed by atoms with E-state index in [1.54, 1.807) is 12.1 Å². The largest absolute Gasteiger partial charge is 0.294 e. The highest BCUT2D eigenvalue weighted by Crippen LogP contribution is 2.35. The van der Waals surface area contributed by atoms with Gasteiger partial charge in [-0.2, -0.15) is 0 Å². The highest BCUT2D eigenvalue weighted by Gasteiger charge is 2.47. The lowest BCUT2D eigenvalue weighted by Gasteiger charge is -2.26. The Hall–Kier alpha value is -2.43. The number of anilines is 1. The molecule has 0 aromatic heterocycles. The maximum atomic E-state index is 12.5. The maximum Gasteiger partial charge on any atom is 0.234 e. The van der Waals surface area contributed by atoms with Gasteiger partial charge in [-0.15, -0.1) is 0 Å². The predicted molar refractivity (Wildman–Crippen MR) is 81.7 cm³/mol. The smallest absolute Gasteiger partial charge is 0.234 e. The first kappa shape index (κ1) is 14.5. The third kappa shape index (κ3) is 2.43. The zero-order valence-corrected chi connectivity index (χ0v) is 12.4. The summed E-state index contributed by atoms with van der Waals surface area (Å²) in [5.41, 5.74) is 0.684. The Morgan fingerprint density at radius 2 is 1.64 bits per heavy atom. The molecule has 1 fully saturated rings. The van der Waals surface area contributed by atoms with Crippen molar-refractivity contribution in [2.45, 2.75) is 19.8 Å². The van der Waals surface area contributed by atoms with E-state index in [1.165, 1.54) is 16.7 Å². The van der Waals surface area contributed by atoms with Crippen molar-refractivity contribution < 1.29 is 14.4 Å². The van der Waals surface area contributed by atoms with Crippen molar-refractivity contribution in [2.75, 3.05) is 11.6 Å². The summed E-state index contributed by atoms with van der Waals surface area (Å²) in [6.45, 7) is 1.43. The fraction of sp³-hybridized carbons (Fsp3) is 0.353. The van der Waals surface area contributed by atoms with E-state index >= 15 is 0 Å². The molecule has 1 aromatic carbocycles. The van der Waals surface area contributed by atoms with Crippen molar-refractivity contribution in [1.82, 2.24) is 4.90 Å². The number of rotatable bonds is 3. The summed E-state index contributed by atoms with van der Waals surface area (Å²) >= 11 is 0. The van der Waals surface area contributed by atoms with Crippen molar-refractivity contribution in [3.8, 4) is 0 Å². The van der Waals surface area contributed by atoms with Gasteiger partial charge in [-0.05, 0) is 25.0 Å². The summed E-state index contributed by atoms with van der Waals surface area (Å²) in [5.74, 6) is -1.05. The number of amides is 3. The fourth-order valence-electron chi connectivity index (χ4n) is 3.12. The molecule has 0 spiro atoms. The number of allylic oxidation sites excluding steroid dienone is 2. The molecule has 0 saturated carbocycles. The average molecular weight is 298 g/mol. The lowest BCUT2D eigenvalue weighted by atomic mass is 9.85. The Labute approximate surface area is 129 Å². The minimum absolute atomic E-state index is 0.00991. The highest BCUT2D eigenvalue weighted by atomic mass is 16.2. The zero-order valence-electron chi connectivity index (χ0n) is 12.4. The van der Waals surface area contributed by atoms with Crippen LogP contribution in [0.15, 0.2) is 42.5 Å². The lowest BCUT2D eigenvalue weighted by molar-refractivity contribution is -0.140. The lowest BCUT2D eigenvalue weighted by Crippen LogP contribution is -2.44. The van der Waals surface area contributed by atoms with Gasteiger partial charge in [-0.3, -0.25) is 24.2 Å². The molecule has 0 unspecified atom stereocenters. The number of carbonyl (C=O) groups is 3. The van der Waals surface area contributed by atoms with E-state index in [1.807, 2.05) is 30.4 Å². The summed E-state index contributed by atoms with van der Waals surface area (Å²) < 4.78 is 0. The van der Waals surface area contributed by atoms with Crippen LogP contribution < -0.4 is 4.90 Å². The summed E-state index contributed by atoms with van der Waals surface area (Å²) in [6, 6.07) is 9.08. The minimum Gasteiger partial charge on any atom is -0.294 e. The SMILES string of the molecule is CC(=O)N(CN1C(=O)[C@H]2CC=CC[C@@H]2C1=O)c1ccccc1. The molecule has 2 atom stereocenters. The third-order valence-electron chi connectivity index (χ3n) is 4.33. The van der Waals surface area contributed by atoms with Gasteiger partial charge in [-0.25, -0.2) is 0 Å². The van der Waals surface area contributed by atoms with Crippen LogP contribution in [-0.2, 0) is 14.4 Å². The van der Waals surface area contributed by atoms with E-state index in [0.29, 0.717) is 18.5 Å². The van der Waals surface area contributed by atoms with Crippen LogP contribution in [0.1, 0.15) is 19.8 Å². The van der Waals surface area contributed by atoms with Crippen LogP contribution in [0.4, 0.5) is 5.69 Å². The molecule has 114 valence electrons. The minimum atomic E-state index is -0.262. The standard InChI is InChI=1S/C17H18N2O3/c1-12(20)18(13-7-3-2-4-8-13)11-19-16(21)14-9-5-6-10-15(14)17(19)22/h2-8,14-15H,9-11H2,1H3/t14-,15-/m0/s1. The molecule has 1 heterocycles. The van der Waals surface area contributed by atoms with E-state index in [4.69, 9.17) is 0 Å². The summed E-state index contributed by atoms with van der Waals surface area (Å²) in [6.07, 6.45) is 5.12. The number of carbonyl (C=O) groups excluding carboxylic acids is 3. The Morgan fingerprint density at radius 1 is 1.09 bits per heavy atom. The molecule has 0 radical (unpaired) electrons. The van der Waals surface area contributed by atoms with Crippen LogP contribution in [-0.4, -0.2) is 29.3 Å². The molecule has 3 amide bonds. The molecule has 3 rings (SSSR count). The van der Waals surface area contributed by atoms with Gasteiger partial charge in [0.25, 0.3) is 0 Å². The molecule has 5 heteroatoms. The molecule has 1 aliphatic heterocycles. The van der Waals surface area contributed by atoms with Crippen LogP contribution in [0, 0.1) is 11.8 Å². The molecule has 5 nitrogen and oxygen atoms in total. The van der Waals surface area contributed by atoms with E-state index in [9.17, 15) is 14.4 Å². The van der Waals surface area contributed by atoms with E-state index < -0.39 is 0 Å². The van der Waals surface area contributed by atoms with E-state index in [-0.39, 0.29) is 36.2 Å². The summed E-state index contributed by atoms with van der Waals surface area (Å²) in [4.78, 5) is 39.6. The second-order valence-electron chi connectivity index (χ2n) is 5.68. The van der Waals surface area contributed by atoms with Crippen molar-refractivity contribution >= 4 is 23.4 Å². The number of para-hydroxylation sites is 1. The number of hydrogen-bond donors (Lipinski definition) is 0. The summed E-state index contributed by atoms with van der Waals surface area (Å²) in [7, 11) is 0. The number of benzene rings is 1. The van der Waals surface area contributed by atoms with Gasteiger partial charge in [0.2, 0.25) is 17.7 Å². The Bertz CT molecular complexity index is 613. The number of hydrogen-bond acceptors (Lipinski definition) is 3. The topological polar surface area (TPSA) is 57.7 Å². The monoisotopic (exact) mass is 298 g/mol. The van der Waals surface area contributed by atoms with E-state index in [2.05, 4.69) is 0 Å². The van der Waals surface area contributed by atoms with Crippen LogP contribution in [0.25, 0.3) is 0 Å². The number of nitrogens with zero attached hydrogens (tertiary/aromatic N) is 2. The molecule has 1 aliphatic carbocycles. The van der Waals surface area contributed by atoms with Crippen molar-refractivity contribution in [3.63, 3.8) is 0 Å². The molecule has 0 N–H and O–H groups in total. The first-order valence-electron chi connectivity index (χ1n) is 7.43. The highest BCUT2D eigenvalue weighted by molar-refractivity contribution is 6.06. The van der Waals surface area contributed by atoms with Gasteiger partial charge >= 0.3 is 0 Å². The van der Waals surface area contributed by atoms with Gasteiger partial charge in [0.1, 0.15) is 6.67 Å². The predicted octanol–water partition coefficient (Wildman–Crippen LogP) is 1.95. The van der Waals surface area contributed by atoms with Crippen LogP contribution in [0.5, 0.6) is 0 Å². The number of likely N-dealkylation sites (tertiary alicyclic amines) is 1. The Morgan fingerprint density at radius 3 is 2.14 bits per heavy atom. The molecule has 1 aromatic rings. The molecular formula is C17H18N2O3. The van der Waals surface area contributed by atoms with Gasteiger partial charge in [0, 0.05) is 12.6 Å². The first-order valence-corrected chi connectivity index (χ1v) is 7.43. The van der Waals surface area contributed by atoms with Gasteiger partial charge in [0.15, 0.2) is 0 Å². The Balaban J connectivity index is 1.83. The van der Waals surface area contributed by atoms with Gasteiger partial charge in [-0.1, -0.05) is 30.4 Å². The van der Waals surface area contributed by atoms with Gasteiger partial charge < -0.3 is 0 Å². The first-order chi connectivity index (χ1) is 10.6. The molecule has 22 heavy (non-hydrogen) atoms. The van der Waals surface area contributed by atoms with Crippen LogP contribution in [0.3, 0.4) is 0 Å². The quantitative estimate of drug-likeness (QED) is 0.633. The maximum absolute atomic E-state index is 12.5. The second-order valence-corrected chi connectivity index (χ2v) is 5.68. The number of fused-ring (bicyclic) bond motifs is 1. The van der Waals surface area contributed by atoms with Crippen molar-refractivity contribution in [2.24, 2.45) is 11.8 Å². The third-order valence-corrected chi connectivity index (χ3v) is 4.33. The Kier molecular flexibility index (Phi) is 3.79. The second kappa shape index (κ2) is 5.75. The van der Waals surface area contributed by atoms with Gasteiger partial charge in [0.05, 0.1) is 11.8 Å². The van der Waals surface area contributed by atoms with Crippen LogP contribution in [0.2, 0.25) is 0 Å².